The Balaban J connectivity index is 1.97. The van der Waals surface area contributed by atoms with Gasteiger partial charge < -0.3 is 15.1 Å². The van der Waals surface area contributed by atoms with E-state index in [-0.39, 0.29) is 11.5 Å². The van der Waals surface area contributed by atoms with Crippen molar-refractivity contribution in [3.8, 4) is 0 Å². The normalized spacial score (nSPS) is 33.2. The molecule has 3 unspecified atom stereocenters. The predicted molar refractivity (Wildman–Crippen MR) is 71.8 cm³/mol. The van der Waals surface area contributed by atoms with Gasteiger partial charge in [0, 0.05) is 17.8 Å². The molecule has 0 aliphatic carbocycles. The zero-order valence-electron chi connectivity index (χ0n) is 10.4. The second kappa shape index (κ2) is 4.47. The van der Waals surface area contributed by atoms with E-state index in [4.69, 9.17) is 0 Å². The summed E-state index contributed by atoms with van der Waals surface area (Å²) in [5.41, 5.74) is 1.65. The van der Waals surface area contributed by atoms with Crippen molar-refractivity contribution in [3.05, 3.63) is 29.8 Å². The Morgan fingerprint density at radius 2 is 1.89 bits per heavy atom. The summed E-state index contributed by atoms with van der Waals surface area (Å²) < 4.78 is 23.3. The summed E-state index contributed by atoms with van der Waals surface area (Å²) in [4.78, 5) is 1.93. The summed E-state index contributed by atoms with van der Waals surface area (Å²) in [6, 6.07) is 7.03. The number of fused-ring (bicyclic) bond motifs is 1. The van der Waals surface area contributed by atoms with E-state index in [2.05, 4.69) is 0 Å². The van der Waals surface area contributed by atoms with Crippen LogP contribution in [0, 0.1) is 0 Å². The lowest BCUT2D eigenvalue weighted by Crippen LogP contribution is -2.46. The fraction of sp³-hybridized carbons (Fsp3) is 0.538. The lowest BCUT2D eigenvalue weighted by atomic mass is 9.96. The molecule has 0 saturated carbocycles. The molecule has 0 radical (unpaired) electrons. The first-order valence-corrected chi connectivity index (χ1v) is 8.22. The predicted octanol–water partition coefficient (Wildman–Crippen LogP) is 0.0880. The van der Waals surface area contributed by atoms with Crippen molar-refractivity contribution in [2.75, 3.05) is 23.0 Å². The van der Waals surface area contributed by atoms with Crippen LogP contribution in [0.25, 0.3) is 0 Å². The zero-order chi connectivity index (χ0) is 13.6. The van der Waals surface area contributed by atoms with Crippen molar-refractivity contribution in [1.82, 2.24) is 0 Å². The highest BCUT2D eigenvalue weighted by atomic mass is 32.2. The van der Waals surface area contributed by atoms with Gasteiger partial charge in [0.1, 0.15) is 0 Å². The number of aliphatic hydroxyl groups excluding tert-OH is 2. The highest BCUT2D eigenvalue weighted by Gasteiger charge is 2.41. The number of hydrogen-bond donors (Lipinski definition) is 2. The number of rotatable bonds is 1. The van der Waals surface area contributed by atoms with Crippen LogP contribution < -0.4 is 4.90 Å². The average molecular weight is 283 g/mol. The Bertz CT molecular complexity index is 586. The van der Waals surface area contributed by atoms with Crippen molar-refractivity contribution in [1.29, 1.82) is 0 Å². The average Bonchev–Trinajstić information content (AvgIpc) is 2.64. The van der Waals surface area contributed by atoms with Crippen LogP contribution in [-0.2, 0) is 9.84 Å². The summed E-state index contributed by atoms with van der Waals surface area (Å²) >= 11 is 0. The van der Waals surface area contributed by atoms with Crippen molar-refractivity contribution in [3.63, 3.8) is 0 Å². The number of anilines is 1. The van der Waals surface area contributed by atoms with Crippen LogP contribution in [0.2, 0.25) is 0 Å². The Labute approximate surface area is 112 Å². The largest absolute Gasteiger partial charge is 0.390 e. The minimum atomic E-state index is -3.16. The van der Waals surface area contributed by atoms with Gasteiger partial charge in [-0.2, -0.15) is 0 Å². The first kappa shape index (κ1) is 12.9. The Morgan fingerprint density at radius 1 is 1.16 bits per heavy atom. The molecule has 2 heterocycles. The molecule has 19 heavy (non-hydrogen) atoms. The van der Waals surface area contributed by atoms with Crippen LogP contribution in [-0.4, -0.2) is 48.8 Å². The maximum atomic E-state index is 11.6. The molecule has 2 N–H and O–H groups in total. The maximum Gasteiger partial charge on any atom is 0.155 e. The zero-order valence-corrected chi connectivity index (χ0v) is 11.3. The molecule has 0 bridgehead atoms. The van der Waals surface area contributed by atoms with E-state index in [1.54, 1.807) is 0 Å². The molecular weight excluding hydrogens is 266 g/mol. The number of benzene rings is 1. The third-order valence-electron chi connectivity index (χ3n) is 3.94. The van der Waals surface area contributed by atoms with E-state index >= 15 is 0 Å². The van der Waals surface area contributed by atoms with Crippen LogP contribution in [0.1, 0.15) is 18.1 Å². The second-order valence-corrected chi connectivity index (χ2v) is 7.42. The van der Waals surface area contributed by atoms with E-state index in [9.17, 15) is 18.6 Å². The van der Waals surface area contributed by atoms with Gasteiger partial charge in [-0.05, 0) is 12.5 Å². The molecule has 1 aromatic rings. The molecule has 1 aromatic carbocycles. The van der Waals surface area contributed by atoms with Crippen molar-refractivity contribution in [2.45, 2.75) is 24.7 Å². The van der Waals surface area contributed by atoms with Crippen LogP contribution in [0.3, 0.4) is 0 Å². The summed E-state index contributed by atoms with van der Waals surface area (Å²) in [6.45, 7) is 0.565. The summed E-state index contributed by atoms with van der Waals surface area (Å²) in [6.07, 6.45) is -0.809. The van der Waals surface area contributed by atoms with Gasteiger partial charge in [-0.15, -0.1) is 0 Å². The van der Waals surface area contributed by atoms with E-state index < -0.39 is 28.1 Å². The van der Waals surface area contributed by atoms with Gasteiger partial charge in [-0.25, -0.2) is 8.42 Å². The van der Waals surface area contributed by atoms with Gasteiger partial charge in [-0.3, -0.25) is 0 Å². The Hall–Kier alpha value is -1.11. The quantitative estimate of drug-likeness (QED) is 0.763. The minimum absolute atomic E-state index is 0.0153. The lowest BCUT2D eigenvalue weighted by Gasteiger charge is -2.38. The van der Waals surface area contributed by atoms with E-state index in [1.165, 1.54) is 0 Å². The van der Waals surface area contributed by atoms with Crippen LogP contribution in [0.15, 0.2) is 24.3 Å². The first-order valence-electron chi connectivity index (χ1n) is 6.40. The molecule has 6 heteroatoms. The highest BCUT2D eigenvalue weighted by Crippen LogP contribution is 2.36. The number of aliphatic hydroxyl groups is 2. The number of nitrogens with zero attached hydrogens (tertiary/aromatic N) is 1. The molecule has 0 amide bonds. The topological polar surface area (TPSA) is 77.8 Å². The number of sulfone groups is 1. The third-order valence-corrected chi connectivity index (χ3v) is 5.64. The summed E-state index contributed by atoms with van der Waals surface area (Å²) in [5, 5.41) is 20.0. The van der Waals surface area contributed by atoms with Gasteiger partial charge in [0.25, 0.3) is 0 Å². The fourth-order valence-corrected chi connectivity index (χ4v) is 4.82. The monoisotopic (exact) mass is 283 g/mol. The van der Waals surface area contributed by atoms with Crippen molar-refractivity contribution in [2.24, 2.45) is 0 Å². The molecule has 0 aromatic heterocycles. The molecule has 3 atom stereocenters. The van der Waals surface area contributed by atoms with Crippen molar-refractivity contribution < 1.29 is 18.6 Å². The minimum Gasteiger partial charge on any atom is -0.390 e. The van der Waals surface area contributed by atoms with E-state index in [0.717, 1.165) is 11.3 Å². The first-order chi connectivity index (χ1) is 8.98. The number of hydrogen-bond acceptors (Lipinski definition) is 5. The molecule has 2 aliphatic rings. The molecule has 1 saturated heterocycles. The van der Waals surface area contributed by atoms with E-state index in [0.29, 0.717) is 13.0 Å². The molecular formula is C13H17NO4S. The van der Waals surface area contributed by atoms with Gasteiger partial charge in [-0.1, -0.05) is 18.2 Å². The third kappa shape index (κ3) is 2.24. The summed E-state index contributed by atoms with van der Waals surface area (Å²) in [5.74, 6) is -0.183. The van der Waals surface area contributed by atoms with Gasteiger partial charge >= 0.3 is 0 Å². The maximum absolute atomic E-state index is 11.6. The SMILES string of the molecule is O=S1(=O)CC(O)C(N2CCC(O)c3ccccc32)C1. The second-order valence-electron chi connectivity index (χ2n) is 5.27. The van der Waals surface area contributed by atoms with E-state index in [1.807, 2.05) is 29.2 Å². The van der Waals surface area contributed by atoms with Crippen LogP contribution in [0.5, 0.6) is 0 Å². The van der Waals surface area contributed by atoms with Gasteiger partial charge in [0.2, 0.25) is 0 Å². The molecule has 2 aliphatic heterocycles. The van der Waals surface area contributed by atoms with Gasteiger partial charge in [0.15, 0.2) is 9.84 Å². The Morgan fingerprint density at radius 3 is 2.58 bits per heavy atom. The molecule has 104 valence electrons. The van der Waals surface area contributed by atoms with Crippen molar-refractivity contribution >= 4 is 15.5 Å². The van der Waals surface area contributed by atoms with Crippen LogP contribution in [0.4, 0.5) is 5.69 Å². The standard InChI is InChI=1S/C13H17NO4S/c15-12-5-6-14(10-4-2-1-3-9(10)12)11-7-19(17,18)8-13(11)16/h1-4,11-13,15-16H,5-8H2. The molecule has 0 spiro atoms. The number of para-hydroxylation sites is 1. The smallest absolute Gasteiger partial charge is 0.155 e. The lowest BCUT2D eigenvalue weighted by molar-refractivity contribution is 0.149. The van der Waals surface area contributed by atoms with Crippen LogP contribution >= 0.6 is 0 Å². The molecule has 1 fully saturated rings. The fourth-order valence-electron chi connectivity index (χ4n) is 3.02. The summed E-state index contributed by atoms with van der Waals surface area (Å²) in [7, 11) is -3.16. The highest BCUT2D eigenvalue weighted by molar-refractivity contribution is 7.91. The van der Waals surface area contributed by atoms with Gasteiger partial charge in [0.05, 0.1) is 29.8 Å². The molecule has 5 nitrogen and oxygen atoms in total. The Kier molecular flexibility index (Phi) is 3.03. The molecule has 3 rings (SSSR count).